The summed E-state index contributed by atoms with van der Waals surface area (Å²) in [5.74, 6) is -0.149. The summed E-state index contributed by atoms with van der Waals surface area (Å²) < 4.78 is 16.2. The van der Waals surface area contributed by atoms with Crippen molar-refractivity contribution in [2.24, 2.45) is 11.8 Å². The number of carbonyl (C=O) groups is 1. The number of hydrogen-bond donors (Lipinski definition) is 1. The highest BCUT2D eigenvalue weighted by atomic mass is 31.1. The van der Waals surface area contributed by atoms with Gasteiger partial charge in [-0.25, -0.2) is 0 Å². The maximum absolute atomic E-state index is 11.9. The van der Waals surface area contributed by atoms with Crippen LogP contribution in [0.5, 0.6) is 0 Å². The molecule has 1 fully saturated rings. The van der Waals surface area contributed by atoms with Gasteiger partial charge in [-0.05, 0) is 19.3 Å². The molecule has 1 N–H and O–H groups in total. The number of rotatable bonds is 7. The molecule has 0 radical (unpaired) electrons. The van der Waals surface area contributed by atoms with Crippen LogP contribution < -0.4 is 0 Å². The van der Waals surface area contributed by atoms with Gasteiger partial charge in [0.05, 0.1) is 27.6 Å². The molecule has 0 aliphatic heterocycles. The first-order valence-electron chi connectivity index (χ1n) is 6.95. The standard InChI is InChI=1S/C13H25O4P/c1-2-17-13(15)11(12(9-14)18-16)8-10-6-4-3-5-7-10/h10-12,14H,2-9,18H2,1H3. The van der Waals surface area contributed by atoms with Crippen molar-refractivity contribution in [3.63, 3.8) is 0 Å². The van der Waals surface area contributed by atoms with Gasteiger partial charge in [-0.3, -0.25) is 4.79 Å². The molecule has 1 rings (SSSR count). The van der Waals surface area contributed by atoms with E-state index in [1.54, 1.807) is 6.92 Å². The molecular formula is C13H25O4P. The highest BCUT2D eigenvalue weighted by Crippen LogP contribution is 2.33. The molecule has 18 heavy (non-hydrogen) atoms. The van der Waals surface area contributed by atoms with E-state index in [4.69, 9.17) is 4.74 Å². The van der Waals surface area contributed by atoms with Gasteiger partial charge >= 0.3 is 5.97 Å². The van der Waals surface area contributed by atoms with Gasteiger partial charge < -0.3 is 14.4 Å². The van der Waals surface area contributed by atoms with Crippen molar-refractivity contribution in [3.05, 3.63) is 0 Å². The molecule has 0 aromatic heterocycles. The monoisotopic (exact) mass is 276 g/mol. The summed E-state index contributed by atoms with van der Waals surface area (Å²) in [7, 11) is -1.14. The summed E-state index contributed by atoms with van der Waals surface area (Å²) in [6.07, 6.45) is 6.71. The normalized spacial score (nSPS) is 21.0. The lowest BCUT2D eigenvalue weighted by atomic mass is 9.82. The molecule has 1 saturated carbocycles. The van der Waals surface area contributed by atoms with Crippen LogP contribution in [-0.2, 0) is 14.1 Å². The zero-order chi connectivity index (χ0) is 13.4. The summed E-state index contributed by atoms with van der Waals surface area (Å²) in [5, 5.41) is 9.26. The smallest absolute Gasteiger partial charge is 0.309 e. The molecule has 1 aliphatic rings. The van der Waals surface area contributed by atoms with E-state index >= 15 is 0 Å². The van der Waals surface area contributed by atoms with Crippen LogP contribution in [-0.4, -0.2) is 29.9 Å². The van der Waals surface area contributed by atoms with Crippen molar-refractivity contribution in [2.45, 2.75) is 51.1 Å². The molecular weight excluding hydrogens is 251 g/mol. The Morgan fingerprint density at radius 2 is 2.06 bits per heavy atom. The van der Waals surface area contributed by atoms with E-state index in [-0.39, 0.29) is 18.5 Å². The lowest BCUT2D eigenvalue weighted by Crippen LogP contribution is -2.31. The van der Waals surface area contributed by atoms with Gasteiger partial charge in [-0.15, -0.1) is 0 Å². The lowest BCUT2D eigenvalue weighted by molar-refractivity contribution is -0.149. The molecule has 4 nitrogen and oxygen atoms in total. The molecule has 1 aliphatic carbocycles. The van der Waals surface area contributed by atoms with Crippen molar-refractivity contribution in [2.75, 3.05) is 13.2 Å². The third-order valence-corrected chi connectivity index (χ3v) is 4.83. The van der Waals surface area contributed by atoms with Gasteiger partial charge in [0.25, 0.3) is 0 Å². The maximum Gasteiger partial charge on any atom is 0.309 e. The summed E-state index contributed by atoms with van der Waals surface area (Å²) >= 11 is 0. The molecule has 106 valence electrons. The van der Waals surface area contributed by atoms with Crippen molar-refractivity contribution >= 4 is 14.4 Å². The van der Waals surface area contributed by atoms with E-state index in [9.17, 15) is 14.5 Å². The van der Waals surface area contributed by atoms with Crippen molar-refractivity contribution in [1.29, 1.82) is 0 Å². The first-order chi connectivity index (χ1) is 8.72. The maximum atomic E-state index is 11.9. The van der Waals surface area contributed by atoms with Crippen LogP contribution in [0.2, 0.25) is 0 Å². The minimum atomic E-state index is -1.14. The summed E-state index contributed by atoms with van der Waals surface area (Å²) in [6.45, 7) is 1.93. The van der Waals surface area contributed by atoms with Gasteiger partial charge in [-0.1, -0.05) is 32.1 Å². The summed E-state index contributed by atoms with van der Waals surface area (Å²) in [5.41, 5.74) is -0.411. The zero-order valence-corrected chi connectivity index (χ0v) is 12.3. The van der Waals surface area contributed by atoms with Crippen molar-refractivity contribution in [3.8, 4) is 0 Å². The van der Waals surface area contributed by atoms with E-state index in [0.717, 1.165) is 19.3 Å². The summed E-state index contributed by atoms with van der Waals surface area (Å²) in [6, 6.07) is 0. The molecule has 0 saturated heterocycles. The largest absolute Gasteiger partial charge is 0.466 e. The van der Waals surface area contributed by atoms with Crippen LogP contribution in [0.3, 0.4) is 0 Å². The van der Waals surface area contributed by atoms with Crippen LogP contribution in [0.1, 0.15) is 45.4 Å². The van der Waals surface area contributed by atoms with Crippen LogP contribution in [0, 0.1) is 11.8 Å². The highest BCUT2D eigenvalue weighted by molar-refractivity contribution is 7.24. The number of carbonyl (C=O) groups excluding carboxylic acids is 1. The average molecular weight is 276 g/mol. The van der Waals surface area contributed by atoms with E-state index in [1.807, 2.05) is 0 Å². The predicted molar refractivity (Wildman–Crippen MR) is 72.6 cm³/mol. The summed E-state index contributed by atoms with van der Waals surface area (Å²) in [4.78, 5) is 11.9. The SMILES string of the molecule is CCOC(=O)C(CC1CCCCC1)C(CO)[PH2]=O. The van der Waals surface area contributed by atoms with E-state index in [1.165, 1.54) is 19.3 Å². The fourth-order valence-electron chi connectivity index (χ4n) is 2.74. The Kier molecular flexibility index (Phi) is 7.60. The lowest BCUT2D eigenvalue weighted by Gasteiger charge is -2.27. The Morgan fingerprint density at radius 1 is 1.39 bits per heavy atom. The second-order valence-corrected chi connectivity index (χ2v) is 6.21. The number of aliphatic hydroxyl groups is 1. The third kappa shape index (κ3) is 4.74. The Hall–Kier alpha value is -0.340. The molecule has 3 atom stereocenters. The second kappa shape index (κ2) is 8.71. The predicted octanol–water partition coefficient (Wildman–Crippen LogP) is 2.25. The third-order valence-electron chi connectivity index (χ3n) is 3.80. The Morgan fingerprint density at radius 3 is 2.56 bits per heavy atom. The zero-order valence-electron chi connectivity index (χ0n) is 11.1. The number of esters is 1. The highest BCUT2D eigenvalue weighted by Gasteiger charge is 2.31. The van der Waals surface area contributed by atoms with Gasteiger partial charge in [0.1, 0.15) is 0 Å². The van der Waals surface area contributed by atoms with Crippen LogP contribution >= 0.6 is 8.46 Å². The van der Waals surface area contributed by atoms with Crippen molar-refractivity contribution in [1.82, 2.24) is 0 Å². The van der Waals surface area contributed by atoms with E-state index < -0.39 is 14.1 Å². The Labute approximate surface area is 110 Å². The van der Waals surface area contributed by atoms with Gasteiger partial charge in [0.2, 0.25) is 0 Å². The molecule has 0 aromatic rings. The molecule has 0 heterocycles. The first-order valence-corrected chi connectivity index (χ1v) is 8.09. The number of ether oxygens (including phenoxy) is 1. The average Bonchev–Trinajstić information content (AvgIpc) is 2.40. The fraction of sp³-hybridized carbons (Fsp3) is 0.923. The Bertz CT molecular complexity index is 264. The molecule has 0 bridgehead atoms. The van der Waals surface area contributed by atoms with Crippen LogP contribution in [0.15, 0.2) is 0 Å². The number of hydrogen-bond acceptors (Lipinski definition) is 4. The molecule has 0 amide bonds. The van der Waals surface area contributed by atoms with Crippen molar-refractivity contribution < 1.29 is 19.2 Å². The number of aliphatic hydroxyl groups excluding tert-OH is 1. The minimum Gasteiger partial charge on any atom is -0.466 e. The Balaban J connectivity index is 2.62. The molecule has 3 unspecified atom stereocenters. The molecule has 0 spiro atoms. The minimum absolute atomic E-state index is 0.185. The molecule has 5 heteroatoms. The fourth-order valence-corrected chi connectivity index (χ4v) is 3.33. The van der Waals surface area contributed by atoms with Gasteiger partial charge in [-0.2, -0.15) is 0 Å². The topological polar surface area (TPSA) is 63.6 Å². The van der Waals surface area contributed by atoms with Gasteiger partial charge in [0, 0.05) is 5.66 Å². The van der Waals surface area contributed by atoms with Crippen LogP contribution in [0.25, 0.3) is 0 Å². The molecule has 0 aromatic carbocycles. The quantitative estimate of drug-likeness (QED) is 0.572. The van der Waals surface area contributed by atoms with Gasteiger partial charge in [0.15, 0.2) is 0 Å². The van der Waals surface area contributed by atoms with E-state index in [0.29, 0.717) is 12.5 Å². The first kappa shape index (κ1) is 15.7. The van der Waals surface area contributed by atoms with Crippen LogP contribution in [0.4, 0.5) is 0 Å². The second-order valence-electron chi connectivity index (χ2n) is 5.08. The van der Waals surface area contributed by atoms with E-state index in [2.05, 4.69) is 0 Å².